The van der Waals surface area contributed by atoms with Crippen molar-refractivity contribution in [3.8, 4) is 0 Å². The van der Waals surface area contributed by atoms with E-state index in [0.29, 0.717) is 37.1 Å². The summed E-state index contributed by atoms with van der Waals surface area (Å²) in [5.41, 5.74) is 12.9. The number of carbonyl (C=O) groups is 5. The van der Waals surface area contributed by atoms with Crippen molar-refractivity contribution in [3.63, 3.8) is 0 Å². The fraction of sp³-hybridized carbons (Fsp3) is 0.519. The van der Waals surface area contributed by atoms with E-state index in [1.165, 1.54) is 11.8 Å². The second kappa shape index (κ2) is 17.3. The number of hydrogen-bond donors (Lipinski definition) is 8. The number of carbonyl (C=O) groups excluding carboxylic acids is 3. The zero-order valence-electron chi connectivity index (χ0n) is 23.1. The highest BCUT2D eigenvalue weighted by atomic mass is 32.2. The zero-order valence-corrected chi connectivity index (χ0v) is 23.9. The van der Waals surface area contributed by atoms with Gasteiger partial charge in [-0.25, -0.2) is 4.79 Å². The van der Waals surface area contributed by atoms with Gasteiger partial charge in [0.05, 0.1) is 6.04 Å². The maximum atomic E-state index is 13.4. The summed E-state index contributed by atoms with van der Waals surface area (Å²) < 4.78 is 0. The highest BCUT2D eigenvalue weighted by Crippen LogP contribution is 2.19. The first-order valence-corrected chi connectivity index (χ1v) is 14.8. The van der Waals surface area contributed by atoms with Crippen LogP contribution in [0.3, 0.4) is 0 Å². The molecule has 13 nitrogen and oxygen atoms in total. The van der Waals surface area contributed by atoms with Crippen molar-refractivity contribution in [2.24, 2.45) is 11.5 Å². The smallest absolute Gasteiger partial charge is 0.326 e. The summed E-state index contributed by atoms with van der Waals surface area (Å²) in [6.07, 6.45) is 4.47. The molecule has 0 fully saturated rings. The zero-order chi connectivity index (χ0) is 30.4. The van der Waals surface area contributed by atoms with Gasteiger partial charge in [-0.1, -0.05) is 18.2 Å². The van der Waals surface area contributed by atoms with Crippen molar-refractivity contribution in [1.82, 2.24) is 20.9 Å². The molecule has 0 radical (unpaired) electrons. The van der Waals surface area contributed by atoms with E-state index in [-0.39, 0.29) is 19.3 Å². The van der Waals surface area contributed by atoms with Gasteiger partial charge in [-0.15, -0.1) is 0 Å². The summed E-state index contributed by atoms with van der Waals surface area (Å²) >= 11 is 1.50. The minimum atomic E-state index is -1.28. The summed E-state index contributed by atoms with van der Waals surface area (Å²) in [5.74, 6) is -3.91. The molecule has 1 heterocycles. The molecule has 2 rings (SSSR count). The van der Waals surface area contributed by atoms with Crippen molar-refractivity contribution in [2.45, 2.75) is 69.1 Å². The summed E-state index contributed by atoms with van der Waals surface area (Å²) in [4.78, 5) is 65.6. The Labute approximate surface area is 242 Å². The number of nitrogens with one attached hydrogen (secondary N) is 4. The van der Waals surface area contributed by atoms with E-state index in [2.05, 4.69) is 20.9 Å². The van der Waals surface area contributed by atoms with E-state index in [9.17, 15) is 34.2 Å². The Hall–Kier alpha value is -3.62. The lowest BCUT2D eigenvalue weighted by Crippen LogP contribution is -2.57. The van der Waals surface area contributed by atoms with E-state index >= 15 is 0 Å². The summed E-state index contributed by atoms with van der Waals surface area (Å²) in [5, 5.41) is 27.3. The molecule has 226 valence electrons. The van der Waals surface area contributed by atoms with E-state index in [4.69, 9.17) is 11.5 Å². The molecule has 41 heavy (non-hydrogen) atoms. The van der Waals surface area contributed by atoms with Crippen molar-refractivity contribution >= 4 is 52.3 Å². The van der Waals surface area contributed by atoms with Gasteiger partial charge in [0, 0.05) is 29.9 Å². The van der Waals surface area contributed by atoms with Gasteiger partial charge < -0.3 is 42.6 Å². The predicted octanol–water partition coefficient (Wildman–Crippen LogP) is 0.324. The SMILES string of the molecule is CSCCC(N)C(=O)NC(CCC(=O)O)C(=O)NC(Cc1c[nH]c2ccccc12)C(=O)NC(CCCCN)C(=O)O. The van der Waals surface area contributed by atoms with E-state index < -0.39 is 60.2 Å². The van der Waals surface area contributed by atoms with Crippen molar-refractivity contribution < 1.29 is 34.2 Å². The summed E-state index contributed by atoms with van der Waals surface area (Å²) in [7, 11) is 0. The van der Waals surface area contributed by atoms with Crippen LogP contribution in [-0.4, -0.2) is 87.6 Å². The van der Waals surface area contributed by atoms with Crippen LogP contribution in [0.4, 0.5) is 0 Å². The molecule has 0 saturated carbocycles. The number of thioether (sulfide) groups is 1. The molecule has 0 bridgehead atoms. The minimum Gasteiger partial charge on any atom is -0.481 e. The monoisotopic (exact) mass is 592 g/mol. The lowest BCUT2D eigenvalue weighted by atomic mass is 10.0. The molecule has 0 saturated heterocycles. The molecule has 1 aromatic heterocycles. The molecule has 0 aliphatic carbocycles. The number of para-hydroxylation sites is 1. The highest BCUT2D eigenvalue weighted by molar-refractivity contribution is 7.98. The van der Waals surface area contributed by atoms with Crippen LogP contribution in [0.25, 0.3) is 10.9 Å². The van der Waals surface area contributed by atoms with Crippen LogP contribution in [0.2, 0.25) is 0 Å². The first-order valence-electron chi connectivity index (χ1n) is 13.4. The average molecular weight is 593 g/mol. The Kier molecular flexibility index (Phi) is 14.1. The van der Waals surface area contributed by atoms with Gasteiger partial charge in [-0.2, -0.15) is 11.8 Å². The molecule has 14 heteroatoms. The predicted molar refractivity (Wildman–Crippen MR) is 156 cm³/mol. The molecule has 3 amide bonds. The van der Waals surface area contributed by atoms with Crippen molar-refractivity contribution in [3.05, 3.63) is 36.0 Å². The number of carboxylic acid groups (broad SMARTS) is 2. The lowest BCUT2D eigenvalue weighted by molar-refractivity contribution is -0.142. The van der Waals surface area contributed by atoms with Crippen molar-refractivity contribution in [1.29, 1.82) is 0 Å². The maximum absolute atomic E-state index is 13.4. The van der Waals surface area contributed by atoms with Crippen LogP contribution in [0, 0.1) is 0 Å². The number of H-pyrrole nitrogens is 1. The number of amides is 3. The van der Waals surface area contributed by atoms with Crippen molar-refractivity contribution in [2.75, 3.05) is 18.6 Å². The molecule has 10 N–H and O–H groups in total. The van der Waals surface area contributed by atoms with E-state index in [1.807, 2.05) is 30.5 Å². The largest absolute Gasteiger partial charge is 0.481 e. The van der Waals surface area contributed by atoms with Gasteiger partial charge in [-0.05, 0) is 62.3 Å². The van der Waals surface area contributed by atoms with Gasteiger partial charge in [-0.3, -0.25) is 19.2 Å². The Morgan fingerprint density at radius 2 is 1.56 bits per heavy atom. The van der Waals surface area contributed by atoms with Gasteiger partial charge in [0.2, 0.25) is 17.7 Å². The first kappa shape index (κ1) is 33.6. The normalized spacial score (nSPS) is 14.0. The third-order valence-electron chi connectivity index (χ3n) is 6.54. The molecule has 0 aliphatic rings. The highest BCUT2D eigenvalue weighted by Gasteiger charge is 2.31. The number of carboxylic acids is 2. The molecule has 2 aromatic rings. The molecular weight excluding hydrogens is 552 g/mol. The third-order valence-corrected chi connectivity index (χ3v) is 7.19. The number of aromatic amines is 1. The van der Waals surface area contributed by atoms with E-state index in [0.717, 1.165) is 10.9 Å². The van der Waals surface area contributed by atoms with Crippen LogP contribution < -0.4 is 27.4 Å². The van der Waals surface area contributed by atoms with Gasteiger partial charge >= 0.3 is 11.9 Å². The number of rotatable bonds is 19. The van der Waals surface area contributed by atoms with Crippen LogP contribution in [0.5, 0.6) is 0 Å². The van der Waals surface area contributed by atoms with Gasteiger partial charge in [0.15, 0.2) is 0 Å². The molecule has 1 aromatic carbocycles. The van der Waals surface area contributed by atoms with E-state index in [1.54, 1.807) is 6.20 Å². The third kappa shape index (κ3) is 11.1. The van der Waals surface area contributed by atoms with Crippen LogP contribution in [0.1, 0.15) is 44.1 Å². The fourth-order valence-electron chi connectivity index (χ4n) is 4.22. The number of fused-ring (bicyclic) bond motifs is 1. The number of nitrogens with two attached hydrogens (primary N) is 2. The average Bonchev–Trinajstić information content (AvgIpc) is 3.35. The second-order valence-corrected chi connectivity index (χ2v) is 10.7. The molecular formula is C27H40N6O7S. The quantitative estimate of drug-likeness (QED) is 0.104. The van der Waals surface area contributed by atoms with Gasteiger partial charge in [0.25, 0.3) is 0 Å². The van der Waals surface area contributed by atoms with Gasteiger partial charge in [0.1, 0.15) is 18.1 Å². The molecule has 4 atom stereocenters. The Balaban J connectivity index is 2.30. The lowest BCUT2D eigenvalue weighted by Gasteiger charge is -2.25. The maximum Gasteiger partial charge on any atom is 0.326 e. The van der Waals surface area contributed by atoms with Crippen LogP contribution >= 0.6 is 11.8 Å². The first-order chi connectivity index (χ1) is 19.6. The van der Waals surface area contributed by atoms with Crippen LogP contribution in [0.15, 0.2) is 30.5 Å². The summed E-state index contributed by atoms with van der Waals surface area (Å²) in [6, 6.07) is 2.74. The number of unbranched alkanes of at least 4 members (excludes halogenated alkanes) is 1. The number of hydrogen-bond acceptors (Lipinski definition) is 8. The molecule has 4 unspecified atom stereocenters. The molecule has 0 aliphatic heterocycles. The number of aromatic nitrogens is 1. The standard InChI is InChI=1S/C27H40N6O7S/c1-41-13-11-18(29)24(36)31-20(9-10-23(34)35)25(37)33-22(14-16-15-30-19-7-3-2-6-17(16)19)26(38)32-21(27(39)40)8-4-5-12-28/h2-3,6-7,15,18,20-22,30H,4-5,8-14,28-29H2,1H3,(H,31,36)(H,32,38)(H,33,37)(H,34,35)(H,39,40). The Morgan fingerprint density at radius 1 is 0.902 bits per heavy atom. The molecule has 0 spiro atoms. The summed E-state index contributed by atoms with van der Waals surface area (Å²) in [6.45, 7) is 0.379. The Bertz CT molecular complexity index is 1190. The van der Waals surface area contributed by atoms with Crippen LogP contribution in [-0.2, 0) is 30.4 Å². The fourth-order valence-corrected chi connectivity index (χ4v) is 4.71. The number of aliphatic carboxylic acids is 2. The Morgan fingerprint density at radius 3 is 2.22 bits per heavy atom. The second-order valence-electron chi connectivity index (χ2n) is 9.69. The minimum absolute atomic E-state index is 0.00353. The topological polar surface area (TPSA) is 230 Å². The number of benzene rings is 1.